The third kappa shape index (κ3) is 5.31. The molecule has 5 nitrogen and oxygen atoms in total. The molecular formula is C18H15BrO5. The van der Waals surface area contributed by atoms with E-state index in [4.69, 9.17) is 9.47 Å². The van der Waals surface area contributed by atoms with E-state index in [1.807, 2.05) is 0 Å². The molecule has 0 amide bonds. The lowest BCUT2D eigenvalue weighted by molar-refractivity contribution is -0.144. The van der Waals surface area contributed by atoms with Crippen molar-refractivity contribution < 1.29 is 23.9 Å². The largest absolute Gasteiger partial charge is 0.482 e. The van der Waals surface area contributed by atoms with E-state index >= 15 is 0 Å². The Hall–Kier alpha value is -2.47. The molecule has 0 fully saturated rings. The molecule has 0 aliphatic carbocycles. The van der Waals surface area contributed by atoms with E-state index < -0.39 is 5.97 Å². The van der Waals surface area contributed by atoms with Crippen LogP contribution in [0.5, 0.6) is 5.75 Å². The van der Waals surface area contributed by atoms with Gasteiger partial charge in [0, 0.05) is 15.6 Å². The Bertz CT molecular complexity index is 752. The Morgan fingerprint density at radius 3 is 2.33 bits per heavy atom. The minimum absolute atomic E-state index is 0.0943. The summed E-state index contributed by atoms with van der Waals surface area (Å²) in [6.07, 6.45) is 0. The highest BCUT2D eigenvalue weighted by Crippen LogP contribution is 2.14. The maximum absolute atomic E-state index is 11.9. The third-order valence-electron chi connectivity index (χ3n) is 3.13. The highest BCUT2D eigenvalue weighted by atomic mass is 79.9. The predicted molar refractivity (Wildman–Crippen MR) is 91.4 cm³/mol. The summed E-state index contributed by atoms with van der Waals surface area (Å²) >= 11 is 3.28. The topological polar surface area (TPSA) is 69.7 Å². The fraction of sp³-hybridized carbons (Fsp3) is 0.167. The number of hydrogen-bond acceptors (Lipinski definition) is 5. The van der Waals surface area contributed by atoms with Crippen molar-refractivity contribution in [2.45, 2.75) is 6.92 Å². The SMILES string of the molecule is CC(=O)c1cccc(OCC(=O)OCC(=O)c2ccc(Br)cc2)c1. The molecule has 0 radical (unpaired) electrons. The van der Waals surface area contributed by atoms with Gasteiger partial charge in [0.25, 0.3) is 0 Å². The fourth-order valence-electron chi connectivity index (χ4n) is 1.85. The van der Waals surface area contributed by atoms with Crippen molar-refractivity contribution >= 4 is 33.5 Å². The van der Waals surface area contributed by atoms with Gasteiger partial charge in [-0.15, -0.1) is 0 Å². The summed E-state index contributed by atoms with van der Waals surface area (Å²) in [6.45, 7) is 0.757. The second-order valence-corrected chi connectivity index (χ2v) is 5.88. The van der Waals surface area contributed by atoms with E-state index in [2.05, 4.69) is 15.9 Å². The van der Waals surface area contributed by atoms with Gasteiger partial charge >= 0.3 is 5.97 Å². The lowest BCUT2D eigenvalue weighted by atomic mass is 10.1. The van der Waals surface area contributed by atoms with Crippen LogP contribution < -0.4 is 4.74 Å². The number of carbonyl (C=O) groups is 3. The first-order valence-electron chi connectivity index (χ1n) is 7.14. The van der Waals surface area contributed by atoms with E-state index in [-0.39, 0.29) is 24.8 Å². The maximum Gasteiger partial charge on any atom is 0.344 e. The first-order valence-corrected chi connectivity index (χ1v) is 7.93. The molecule has 0 aliphatic rings. The van der Waals surface area contributed by atoms with Gasteiger partial charge in [-0.2, -0.15) is 0 Å². The number of Topliss-reactive ketones (excluding diaryl/α,β-unsaturated/α-hetero) is 2. The quantitative estimate of drug-likeness (QED) is 0.534. The van der Waals surface area contributed by atoms with Crippen molar-refractivity contribution in [1.82, 2.24) is 0 Å². The van der Waals surface area contributed by atoms with Crippen LogP contribution in [-0.4, -0.2) is 30.7 Å². The summed E-state index contributed by atoms with van der Waals surface area (Å²) in [4.78, 5) is 34.8. The van der Waals surface area contributed by atoms with Gasteiger partial charge in [-0.3, -0.25) is 9.59 Å². The van der Waals surface area contributed by atoms with Crippen LogP contribution in [0.2, 0.25) is 0 Å². The first-order chi connectivity index (χ1) is 11.5. The molecule has 124 valence electrons. The Morgan fingerprint density at radius 2 is 1.67 bits per heavy atom. The molecule has 2 aromatic rings. The van der Waals surface area contributed by atoms with Crippen molar-refractivity contribution in [3.05, 3.63) is 64.1 Å². The van der Waals surface area contributed by atoms with E-state index in [1.165, 1.54) is 6.92 Å². The Labute approximate surface area is 147 Å². The van der Waals surface area contributed by atoms with Crippen molar-refractivity contribution in [1.29, 1.82) is 0 Å². The van der Waals surface area contributed by atoms with Crippen LogP contribution in [0.3, 0.4) is 0 Å². The van der Waals surface area contributed by atoms with Crippen LogP contribution >= 0.6 is 15.9 Å². The molecule has 0 bridgehead atoms. The minimum atomic E-state index is -0.659. The lowest BCUT2D eigenvalue weighted by Crippen LogP contribution is -2.19. The molecule has 2 rings (SSSR count). The summed E-state index contributed by atoms with van der Waals surface area (Å²) in [5, 5.41) is 0. The van der Waals surface area contributed by atoms with Crippen LogP contribution in [0.4, 0.5) is 0 Å². The van der Waals surface area contributed by atoms with Crippen LogP contribution in [0.1, 0.15) is 27.6 Å². The Kier molecular flexibility index (Phi) is 6.26. The molecular weight excluding hydrogens is 376 g/mol. The van der Waals surface area contributed by atoms with Gasteiger partial charge in [0.15, 0.2) is 24.8 Å². The molecule has 6 heteroatoms. The molecule has 0 N–H and O–H groups in total. The van der Waals surface area contributed by atoms with Crippen LogP contribution in [0.15, 0.2) is 53.0 Å². The number of rotatable bonds is 7. The fourth-order valence-corrected chi connectivity index (χ4v) is 2.12. The number of esters is 1. The lowest BCUT2D eigenvalue weighted by Gasteiger charge is -2.07. The van der Waals surface area contributed by atoms with Gasteiger partial charge in [0.1, 0.15) is 5.75 Å². The standard InChI is InChI=1S/C18H15BrO5/c1-12(20)14-3-2-4-16(9-14)23-11-18(22)24-10-17(21)13-5-7-15(19)8-6-13/h2-9H,10-11H2,1H3. The number of carbonyl (C=O) groups excluding carboxylic acids is 3. The Balaban J connectivity index is 1.81. The predicted octanol–water partition coefficient (Wildman–Crippen LogP) is 3.46. The zero-order valence-electron chi connectivity index (χ0n) is 13.0. The third-order valence-corrected chi connectivity index (χ3v) is 3.66. The van der Waals surface area contributed by atoms with E-state index in [1.54, 1.807) is 48.5 Å². The van der Waals surface area contributed by atoms with Crippen LogP contribution in [0, 0.1) is 0 Å². The molecule has 0 atom stereocenters. The van der Waals surface area contributed by atoms with E-state index in [0.717, 1.165) is 4.47 Å². The second kappa shape index (κ2) is 8.40. The van der Waals surface area contributed by atoms with Gasteiger partial charge in [-0.25, -0.2) is 4.79 Å². The molecule has 24 heavy (non-hydrogen) atoms. The summed E-state index contributed by atoms with van der Waals surface area (Å²) < 4.78 is 11.0. The first kappa shape index (κ1) is 17.9. The number of hydrogen-bond donors (Lipinski definition) is 0. The van der Waals surface area contributed by atoms with Crippen molar-refractivity contribution in [2.24, 2.45) is 0 Å². The average Bonchev–Trinajstić information content (AvgIpc) is 2.58. The zero-order valence-corrected chi connectivity index (χ0v) is 14.5. The smallest absolute Gasteiger partial charge is 0.344 e. The normalized spacial score (nSPS) is 10.1. The van der Waals surface area contributed by atoms with Gasteiger partial charge in [0.05, 0.1) is 0 Å². The number of halogens is 1. The van der Waals surface area contributed by atoms with Gasteiger partial charge < -0.3 is 9.47 Å². The molecule has 0 unspecified atom stereocenters. The van der Waals surface area contributed by atoms with Crippen LogP contribution in [-0.2, 0) is 9.53 Å². The van der Waals surface area contributed by atoms with Gasteiger partial charge in [0.2, 0.25) is 0 Å². The van der Waals surface area contributed by atoms with Crippen LogP contribution in [0.25, 0.3) is 0 Å². The van der Waals surface area contributed by atoms with Gasteiger partial charge in [-0.1, -0.05) is 40.2 Å². The van der Waals surface area contributed by atoms with E-state index in [0.29, 0.717) is 16.9 Å². The monoisotopic (exact) mass is 390 g/mol. The molecule has 0 aliphatic heterocycles. The summed E-state index contributed by atoms with van der Waals surface area (Å²) in [5.74, 6) is -0.662. The van der Waals surface area contributed by atoms with E-state index in [9.17, 15) is 14.4 Å². The van der Waals surface area contributed by atoms with Crippen molar-refractivity contribution in [2.75, 3.05) is 13.2 Å². The molecule has 0 saturated heterocycles. The highest BCUT2D eigenvalue weighted by Gasteiger charge is 2.11. The highest BCUT2D eigenvalue weighted by molar-refractivity contribution is 9.10. The summed E-state index contributed by atoms with van der Waals surface area (Å²) in [5.41, 5.74) is 0.951. The average molecular weight is 391 g/mol. The molecule has 0 spiro atoms. The van der Waals surface area contributed by atoms with Gasteiger partial charge in [-0.05, 0) is 31.2 Å². The minimum Gasteiger partial charge on any atom is -0.482 e. The van der Waals surface area contributed by atoms with Crippen molar-refractivity contribution in [3.8, 4) is 5.75 Å². The molecule has 2 aromatic carbocycles. The Morgan fingerprint density at radius 1 is 0.958 bits per heavy atom. The maximum atomic E-state index is 11.9. The zero-order chi connectivity index (χ0) is 17.5. The molecule has 0 heterocycles. The summed E-state index contributed by atoms with van der Waals surface area (Å²) in [6, 6.07) is 13.3. The molecule has 0 saturated carbocycles. The number of ether oxygens (including phenoxy) is 2. The second-order valence-electron chi connectivity index (χ2n) is 4.96. The molecule has 0 aromatic heterocycles. The number of ketones is 2. The van der Waals surface area contributed by atoms with Crippen molar-refractivity contribution in [3.63, 3.8) is 0 Å². The summed E-state index contributed by atoms with van der Waals surface area (Å²) in [7, 11) is 0. The number of benzene rings is 2.